The highest BCUT2D eigenvalue weighted by atomic mass is 32.4. The van der Waals surface area contributed by atoms with Crippen LogP contribution >= 0.6 is 6.19 Å². The Morgan fingerprint density at radius 1 is 0.885 bits per heavy atom. The Labute approximate surface area is 157 Å². The third-order valence-electron chi connectivity index (χ3n) is 3.97. The second-order valence-electron chi connectivity index (χ2n) is 5.78. The lowest BCUT2D eigenvalue weighted by atomic mass is 10.1. The number of aromatic hydroxyl groups is 2. The van der Waals surface area contributed by atoms with Gasteiger partial charge in [-0.05, 0) is 19.1 Å². The lowest BCUT2D eigenvalue weighted by Gasteiger charge is -2.23. The van der Waals surface area contributed by atoms with Gasteiger partial charge in [0.25, 0.3) is 0 Å². The third-order valence-corrected chi connectivity index (χ3v) is 7.91. The van der Waals surface area contributed by atoms with E-state index < -0.39 is 6.19 Å². The quantitative estimate of drug-likeness (QED) is 0.359. The molecule has 26 heavy (non-hydrogen) atoms. The van der Waals surface area contributed by atoms with Gasteiger partial charge in [-0.2, -0.15) is 5.10 Å². The fourth-order valence-electron chi connectivity index (χ4n) is 2.57. The van der Waals surface area contributed by atoms with Crippen LogP contribution in [-0.2, 0) is 11.8 Å². The summed E-state index contributed by atoms with van der Waals surface area (Å²) in [4.78, 5) is 0. The van der Waals surface area contributed by atoms with Gasteiger partial charge in [0.05, 0.1) is 5.71 Å². The summed E-state index contributed by atoms with van der Waals surface area (Å²) >= 11 is 6.05. The molecular formula is C20H19N2O2PS. The first-order chi connectivity index (χ1) is 12.5. The number of nitrogens with zero attached hydrogens (tertiary/aromatic N) is 1. The van der Waals surface area contributed by atoms with Crippen molar-refractivity contribution >= 4 is 34.3 Å². The standard InChI is InChI=1S/C20H19N2O2PS/c1-15(19-13-12-16(23)14-20(19)24)21-22-25(26,17-8-4-2-5-9-17)18-10-6-3-7-11-18/h2-14,23-24H,1H3,(H,22,26). The molecule has 0 saturated heterocycles. The lowest BCUT2D eigenvalue weighted by molar-refractivity contribution is 0.450. The van der Waals surface area contributed by atoms with Gasteiger partial charge in [-0.1, -0.05) is 72.5 Å². The van der Waals surface area contributed by atoms with E-state index in [1.165, 1.54) is 12.1 Å². The van der Waals surface area contributed by atoms with Gasteiger partial charge in [0.1, 0.15) is 17.7 Å². The number of hydrogen-bond donors (Lipinski definition) is 3. The highest BCUT2D eigenvalue weighted by Crippen LogP contribution is 2.39. The normalized spacial score (nSPS) is 12.0. The Hall–Kier alpha value is -2.62. The van der Waals surface area contributed by atoms with Gasteiger partial charge in [-0.25, -0.2) is 0 Å². The summed E-state index contributed by atoms with van der Waals surface area (Å²) in [5.41, 5.74) is 1.13. The van der Waals surface area contributed by atoms with Crippen molar-refractivity contribution in [1.29, 1.82) is 0 Å². The number of benzene rings is 3. The van der Waals surface area contributed by atoms with Crippen molar-refractivity contribution in [2.45, 2.75) is 6.92 Å². The Morgan fingerprint density at radius 3 is 1.92 bits per heavy atom. The number of rotatable bonds is 5. The second kappa shape index (κ2) is 7.73. The van der Waals surface area contributed by atoms with Crippen LogP contribution in [0, 0.1) is 0 Å². The van der Waals surface area contributed by atoms with E-state index in [2.05, 4.69) is 10.3 Å². The molecule has 3 N–H and O–H groups in total. The van der Waals surface area contributed by atoms with Crippen molar-refractivity contribution < 1.29 is 10.2 Å². The van der Waals surface area contributed by atoms with Crippen LogP contribution in [0.4, 0.5) is 0 Å². The zero-order valence-corrected chi connectivity index (χ0v) is 15.9. The molecule has 0 aliphatic heterocycles. The largest absolute Gasteiger partial charge is 0.508 e. The van der Waals surface area contributed by atoms with Crippen LogP contribution in [-0.4, -0.2) is 15.9 Å². The first-order valence-corrected chi connectivity index (χ1v) is 10.9. The maximum atomic E-state index is 10.0. The summed E-state index contributed by atoms with van der Waals surface area (Å²) in [6.07, 6.45) is -2.36. The molecule has 0 heterocycles. The molecular weight excluding hydrogens is 363 g/mol. The van der Waals surface area contributed by atoms with E-state index in [1.54, 1.807) is 13.0 Å². The van der Waals surface area contributed by atoms with E-state index in [-0.39, 0.29) is 11.5 Å². The van der Waals surface area contributed by atoms with Crippen molar-refractivity contribution in [3.63, 3.8) is 0 Å². The van der Waals surface area contributed by atoms with Crippen LogP contribution in [0.2, 0.25) is 0 Å². The van der Waals surface area contributed by atoms with Crippen LogP contribution < -0.4 is 15.8 Å². The molecule has 0 spiro atoms. The van der Waals surface area contributed by atoms with Crippen LogP contribution in [0.5, 0.6) is 11.5 Å². The first-order valence-electron chi connectivity index (χ1n) is 8.06. The van der Waals surface area contributed by atoms with Crippen molar-refractivity contribution in [2.75, 3.05) is 0 Å². The molecule has 0 saturated carbocycles. The fraction of sp³-hybridized carbons (Fsp3) is 0.0500. The van der Waals surface area contributed by atoms with Crippen molar-refractivity contribution in [1.82, 2.24) is 5.20 Å². The monoisotopic (exact) mass is 382 g/mol. The highest BCUT2D eigenvalue weighted by molar-refractivity contribution is 8.20. The van der Waals surface area contributed by atoms with E-state index in [1.807, 2.05) is 60.7 Å². The summed E-state index contributed by atoms with van der Waals surface area (Å²) in [5, 5.41) is 29.2. The minimum Gasteiger partial charge on any atom is -0.508 e. The molecule has 0 unspecified atom stereocenters. The van der Waals surface area contributed by atoms with E-state index in [9.17, 15) is 10.2 Å². The van der Waals surface area contributed by atoms with Crippen LogP contribution in [0.3, 0.4) is 0 Å². The highest BCUT2D eigenvalue weighted by Gasteiger charge is 2.21. The van der Waals surface area contributed by atoms with Crippen molar-refractivity contribution in [2.24, 2.45) is 5.10 Å². The van der Waals surface area contributed by atoms with Gasteiger partial charge in [-0.3, -0.25) is 5.20 Å². The maximum Gasteiger partial charge on any atom is 0.128 e. The molecule has 0 aromatic heterocycles. The molecule has 3 aromatic carbocycles. The number of nitrogens with one attached hydrogen (secondary N) is 1. The van der Waals surface area contributed by atoms with Crippen molar-refractivity contribution in [3.05, 3.63) is 84.4 Å². The van der Waals surface area contributed by atoms with Crippen LogP contribution in [0.1, 0.15) is 12.5 Å². The number of phenolic OH excluding ortho intramolecular Hbond substituents is 2. The summed E-state index contributed by atoms with van der Waals surface area (Å²) in [6, 6.07) is 24.2. The molecule has 0 aliphatic carbocycles. The average molecular weight is 382 g/mol. The zero-order chi connectivity index (χ0) is 18.6. The van der Waals surface area contributed by atoms with E-state index >= 15 is 0 Å². The van der Waals surface area contributed by atoms with Crippen molar-refractivity contribution in [3.8, 4) is 11.5 Å². The summed E-state index contributed by atoms with van der Waals surface area (Å²) in [5.74, 6) is -0.0218. The third kappa shape index (κ3) is 3.79. The summed E-state index contributed by atoms with van der Waals surface area (Å²) in [7, 11) is 0. The van der Waals surface area contributed by atoms with E-state index in [0.29, 0.717) is 11.3 Å². The predicted octanol–water partition coefficient (Wildman–Crippen LogP) is 3.46. The number of hydrogen-bond acceptors (Lipinski definition) is 4. The minimum absolute atomic E-state index is 0.00527. The molecule has 0 fully saturated rings. The fourth-order valence-corrected chi connectivity index (χ4v) is 5.43. The van der Waals surface area contributed by atoms with Crippen LogP contribution in [0.25, 0.3) is 0 Å². The minimum atomic E-state index is -2.36. The zero-order valence-electron chi connectivity index (χ0n) is 14.2. The Bertz CT molecular complexity index is 932. The molecule has 3 aromatic rings. The second-order valence-corrected chi connectivity index (χ2v) is 9.87. The molecule has 4 nitrogen and oxygen atoms in total. The lowest BCUT2D eigenvalue weighted by Crippen LogP contribution is -2.25. The van der Waals surface area contributed by atoms with E-state index in [4.69, 9.17) is 11.8 Å². The SMILES string of the molecule is CC(=NNP(=S)(c1ccccc1)c1ccccc1)c1ccc(O)cc1O. The van der Waals surface area contributed by atoms with Gasteiger partial charge < -0.3 is 10.2 Å². The molecule has 0 atom stereocenters. The van der Waals surface area contributed by atoms with Gasteiger partial charge in [0.15, 0.2) is 0 Å². The van der Waals surface area contributed by atoms with Gasteiger partial charge in [-0.15, -0.1) is 0 Å². The molecule has 132 valence electrons. The Balaban J connectivity index is 2.00. The molecule has 6 heteroatoms. The smallest absolute Gasteiger partial charge is 0.128 e. The van der Waals surface area contributed by atoms with E-state index in [0.717, 1.165) is 10.6 Å². The predicted molar refractivity (Wildman–Crippen MR) is 112 cm³/mol. The van der Waals surface area contributed by atoms with Gasteiger partial charge in [0.2, 0.25) is 0 Å². The summed E-state index contributed by atoms with van der Waals surface area (Å²) < 4.78 is 0. The topological polar surface area (TPSA) is 64.9 Å². The Kier molecular flexibility index (Phi) is 5.40. The van der Waals surface area contributed by atoms with Gasteiger partial charge in [0, 0.05) is 22.2 Å². The molecule has 0 amide bonds. The van der Waals surface area contributed by atoms with Gasteiger partial charge >= 0.3 is 0 Å². The molecule has 0 aliphatic rings. The Morgan fingerprint density at radius 2 is 1.42 bits per heavy atom. The molecule has 0 bridgehead atoms. The van der Waals surface area contributed by atoms with Crippen LogP contribution in [0.15, 0.2) is 84.0 Å². The maximum absolute atomic E-state index is 10.0. The molecule has 3 rings (SSSR count). The number of phenols is 2. The summed E-state index contributed by atoms with van der Waals surface area (Å²) in [6.45, 7) is 1.79. The first kappa shape index (κ1) is 18.2. The molecule has 0 radical (unpaired) electrons. The average Bonchev–Trinajstić information content (AvgIpc) is 2.67. The number of hydrazone groups is 1.